The number of hydrogen-bond acceptors (Lipinski definition) is 3. The predicted molar refractivity (Wildman–Crippen MR) is 62.0 cm³/mol. The van der Waals surface area contributed by atoms with Gasteiger partial charge in [0.1, 0.15) is 0 Å². The van der Waals surface area contributed by atoms with Gasteiger partial charge in [-0.3, -0.25) is 9.59 Å². The van der Waals surface area contributed by atoms with Crippen LogP contribution in [-0.2, 0) is 9.59 Å². The average Bonchev–Trinajstić information content (AvgIpc) is 2.23. The highest BCUT2D eigenvalue weighted by molar-refractivity contribution is 5.75. The van der Waals surface area contributed by atoms with Gasteiger partial charge >= 0.3 is 5.97 Å². The maximum Gasteiger partial charge on any atom is 0.303 e. The molecule has 0 aromatic heterocycles. The molecule has 0 aliphatic rings. The highest BCUT2D eigenvalue weighted by Crippen LogP contribution is 1.99. The van der Waals surface area contributed by atoms with Crippen molar-refractivity contribution < 1.29 is 14.7 Å². The van der Waals surface area contributed by atoms with Crippen LogP contribution in [0.3, 0.4) is 0 Å². The van der Waals surface area contributed by atoms with Crippen molar-refractivity contribution in [2.45, 2.75) is 44.9 Å². The van der Waals surface area contributed by atoms with Gasteiger partial charge < -0.3 is 16.2 Å². The summed E-state index contributed by atoms with van der Waals surface area (Å²) in [5.41, 5.74) is 5.31. The molecule has 4 N–H and O–H groups in total. The molecular formula is C11H22N2O3. The topological polar surface area (TPSA) is 92.4 Å². The molecule has 0 saturated carbocycles. The number of amides is 1. The molecule has 0 aliphatic carbocycles. The van der Waals surface area contributed by atoms with E-state index in [-0.39, 0.29) is 12.3 Å². The first-order valence-electron chi connectivity index (χ1n) is 5.85. The Bertz CT molecular complexity index is 207. The molecule has 0 saturated heterocycles. The Kier molecular flexibility index (Phi) is 9.70. The maximum absolute atomic E-state index is 11.2. The second kappa shape index (κ2) is 10.4. The van der Waals surface area contributed by atoms with E-state index in [0.29, 0.717) is 25.9 Å². The van der Waals surface area contributed by atoms with E-state index in [1.807, 2.05) is 0 Å². The van der Waals surface area contributed by atoms with Crippen molar-refractivity contribution in [1.82, 2.24) is 5.32 Å². The lowest BCUT2D eigenvalue weighted by Crippen LogP contribution is -2.24. The van der Waals surface area contributed by atoms with Gasteiger partial charge in [0.15, 0.2) is 0 Å². The summed E-state index contributed by atoms with van der Waals surface area (Å²) in [5.74, 6) is -0.697. The molecule has 0 aromatic rings. The minimum Gasteiger partial charge on any atom is -0.481 e. The Balaban J connectivity index is 3.18. The van der Waals surface area contributed by atoms with E-state index in [1.165, 1.54) is 0 Å². The molecule has 0 bridgehead atoms. The molecule has 0 fully saturated rings. The highest BCUT2D eigenvalue weighted by atomic mass is 16.4. The van der Waals surface area contributed by atoms with E-state index < -0.39 is 5.97 Å². The molecule has 16 heavy (non-hydrogen) atoms. The van der Waals surface area contributed by atoms with Crippen LogP contribution in [0.4, 0.5) is 0 Å². The number of nitrogens with one attached hydrogen (secondary N) is 1. The SMILES string of the molecule is NCCCCC(=O)NCCCCCC(=O)O. The first kappa shape index (κ1) is 14.9. The van der Waals surface area contributed by atoms with Crippen molar-refractivity contribution >= 4 is 11.9 Å². The quantitative estimate of drug-likeness (QED) is 0.486. The summed E-state index contributed by atoms with van der Waals surface area (Å²) in [6, 6.07) is 0. The standard InChI is InChI=1S/C11H22N2O3/c12-8-4-3-6-10(14)13-9-5-1-2-7-11(15)16/h1-9,12H2,(H,13,14)(H,15,16). The molecule has 0 radical (unpaired) electrons. The zero-order valence-corrected chi connectivity index (χ0v) is 9.71. The number of nitrogens with two attached hydrogens (primary N) is 1. The molecule has 0 unspecified atom stereocenters. The number of hydrogen-bond donors (Lipinski definition) is 3. The number of aliphatic carboxylic acids is 1. The summed E-state index contributed by atoms with van der Waals surface area (Å²) >= 11 is 0. The Labute approximate surface area is 96.4 Å². The lowest BCUT2D eigenvalue weighted by atomic mass is 10.2. The highest BCUT2D eigenvalue weighted by Gasteiger charge is 2.00. The molecule has 0 heterocycles. The number of carbonyl (C=O) groups is 2. The Morgan fingerprint density at radius 3 is 2.31 bits per heavy atom. The number of carboxylic acid groups (broad SMARTS) is 1. The minimum absolute atomic E-state index is 0.0617. The van der Waals surface area contributed by atoms with Crippen LogP contribution in [0.2, 0.25) is 0 Å². The molecule has 94 valence electrons. The fourth-order valence-electron chi connectivity index (χ4n) is 1.32. The first-order chi connectivity index (χ1) is 7.66. The van der Waals surface area contributed by atoms with Crippen LogP contribution >= 0.6 is 0 Å². The number of carbonyl (C=O) groups excluding carboxylic acids is 1. The second-order valence-electron chi connectivity index (χ2n) is 3.80. The predicted octanol–water partition coefficient (Wildman–Crippen LogP) is 0.877. The third-order valence-electron chi connectivity index (χ3n) is 2.25. The van der Waals surface area contributed by atoms with Crippen molar-refractivity contribution in [3.63, 3.8) is 0 Å². The van der Waals surface area contributed by atoms with Crippen molar-refractivity contribution in [2.75, 3.05) is 13.1 Å². The van der Waals surface area contributed by atoms with Gasteiger partial charge in [-0.15, -0.1) is 0 Å². The Morgan fingerprint density at radius 1 is 1.00 bits per heavy atom. The lowest BCUT2D eigenvalue weighted by Gasteiger charge is -2.04. The molecular weight excluding hydrogens is 208 g/mol. The normalized spacial score (nSPS) is 10.1. The second-order valence-corrected chi connectivity index (χ2v) is 3.80. The van der Waals surface area contributed by atoms with Crippen molar-refractivity contribution in [2.24, 2.45) is 5.73 Å². The van der Waals surface area contributed by atoms with E-state index in [0.717, 1.165) is 25.7 Å². The molecule has 5 heteroatoms. The lowest BCUT2D eigenvalue weighted by molar-refractivity contribution is -0.137. The average molecular weight is 230 g/mol. The third kappa shape index (κ3) is 11.0. The Morgan fingerprint density at radius 2 is 1.69 bits per heavy atom. The summed E-state index contributed by atoms with van der Waals surface area (Å²) in [5, 5.41) is 11.2. The molecule has 1 amide bonds. The van der Waals surface area contributed by atoms with Gasteiger partial charge in [0, 0.05) is 19.4 Å². The summed E-state index contributed by atoms with van der Waals surface area (Å²) < 4.78 is 0. The fraction of sp³-hybridized carbons (Fsp3) is 0.818. The van der Waals surface area contributed by atoms with Crippen molar-refractivity contribution in [3.05, 3.63) is 0 Å². The fourth-order valence-corrected chi connectivity index (χ4v) is 1.32. The number of rotatable bonds is 10. The summed E-state index contributed by atoms with van der Waals surface area (Å²) in [7, 11) is 0. The smallest absolute Gasteiger partial charge is 0.303 e. The van der Waals surface area contributed by atoms with Crippen LogP contribution < -0.4 is 11.1 Å². The van der Waals surface area contributed by atoms with Gasteiger partial charge in [0.2, 0.25) is 5.91 Å². The van der Waals surface area contributed by atoms with Gasteiger partial charge in [-0.05, 0) is 32.2 Å². The molecule has 0 aromatic carbocycles. The van der Waals surface area contributed by atoms with E-state index in [2.05, 4.69) is 5.32 Å². The van der Waals surface area contributed by atoms with Crippen LogP contribution in [0, 0.1) is 0 Å². The van der Waals surface area contributed by atoms with E-state index in [4.69, 9.17) is 10.8 Å². The van der Waals surface area contributed by atoms with Gasteiger partial charge in [-0.2, -0.15) is 0 Å². The van der Waals surface area contributed by atoms with E-state index >= 15 is 0 Å². The monoisotopic (exact) mass is 230 g/mol. The van der Waals surface area contributed by atoms with Crippen LogP contribution in [0.25, 0.3) is 0 Å². The summed E-state index contributed by atoms with van der Waals surface area (Å²) in [6.07, 6.45) is 4.83. The Hall–Kier alpha value is -1.10. The maximum atomic E-state index is 11.2. The molecule has 0 spiro atoms. The largest absolute Gasteiger partial charge is 0.481 e. The minimum atomic E-state index is -0.758. The van der Waals surface area contributed by atoms with Gasteiger partial charge in [-0.1, -0.05) is 6.42 Å². The van der Waals surface area contributed by atoms with Crippen molar-refractivity contribution in [3.8, 4) is 0 Å². The van der Waals surface area contributed by atoms with Gasteiger partial charge in [-0.25, -0.2) is 0 Å². The van der Waals surface area contributed by atoms with Gasteiger partial charge in [0.25, 0.3) is 0 Å². The van der Waals surface area contributed by atoms with Crippen LogP contribution in [0.1, 0.15) is 44.9 Å². The van der Waals surface area contributed by atoms with Crippen LogP contribution in [0.15, 0.2) is 0 Å². The van der Waals surface area contributed by atoms with E-state index in [9.17, 15) is 9.59 Å². The first-order valence-corrected chi connectivity index (χ1v) is 5.85. The summed E-state index contributed by atoms with van der Waals surface area (Å²) in [4.78, 5) is 21.4. The molecule has 0 aliphatic heterocycles. The third-order valence-corrected chi connectivity index (χ3v) is 2.25. The number of unbranched alkanes of at least 4 members (excludes halogenated alkanes) is 3. The zero-order chi connectivity index (χ0) is 12.2. The van der Waals surface area contributed by atoms with Crippen LogP contribution in [0.5, 0.6) is 0 Å². The number of carboxylic acids is 1. The summed E-state index contributed by atoms with van der Waals surface area (Å²) in [6.45, 7) is 1.27. The molecule has 0 rings (SSSR count). The van der Waals surface area contributed by atoms with Gasteiger partial charge in [0.05, 0.1) is 0 Å². The molecule has 5 nitrogen and oxygen atoms in total. The van der Waals surface area contributed by atoms with Crippen LogP contribution in [-0.4, -0.2) is 30.1 Å². The zero-order valence-electron chi connectivity index (χ0n) is 9.71. The molecule has 0 atom stereocenters. The van der Waals surface area contributed by atoms with E-state index in [1.54, 1.807) is 0 Å². The van der Waals surface area contributed by atoms with Crippen molar-refractivity contribution in [1.29, 1.82) is 0 Å².